The number of thioether (sulfide) groups is 1. The van der Waals surface area contributed by atoms with Gasteiger partial charge in [-0.2, -0.15) is 13.2 Å². The van der Waals surface area contributed by atoms with E-state index in [1.165, 1.54) is 0 Å². The van der Waals surface area contributed by atoms with E-state index in [0.717, 1.165) is 5.56 Å². The van der Waals surface area contributed by atoms with Gasteiger partial charge in [0.05, 0.1) is 0 Å². The molecule has 0 spiro atoms. The number of hydrogen-bond donors (Lipinski definition) is 0. The van der Waals surface area contributed by atoms with Crippen LogP contribution in [0.25, 0.3) is 0 Å². The molecule has 1 atom stereocenters. The van der Waals surface area contributed by atoms with Gasteiger partial charge in [-0.3, -0.25) is 0 Å². The maximum absolute atomic E-state index is 12.2. The molecule has 16 heavy (non-hydrogen) atoms. The normalized spacial score (nSPS) is 13.8. The highest BCUT2D eigenvalue weighted by Crippen LogP contribution is 2.36. The average Bonchev–Trinajstić information content (AvgIpc) is 2.14. The molecular formula is C11H11ClF3S. The van der Waals surface area contributed by atoms with Crippen molar-refractivity contribution in [1.29, 1.82) is 0 Å². The summed E-state index contributed by atoms with van der Waals surface area (Å²) < 4.78 is 36.6. The Morgan fingerprint density at radius 2 is 2.19 bits per heavy atom. The van der Waals surface area contributed by atoms with E-state index in [2.05, 4.69) is 6.07 Å². The predicted molar refractivity (Wildman–Crippen MR) is 61.7 cm³/mol. The van der Waals surface area contributed by atoms with Crippen LogP contribution < -0.4 is 0 Å². The summed E-state index contributed by atoms with van der Waals surface area (Å²) in [6.07, 6.45) is 0.797. The molecule has 1 unspecified atom stereocenters. The van der Waals surface area contributed by atoms with Gasteiger partial charge in [-0.25, -0.2) is 0 Å². The third kappa shape index (κ3) is 5.12. The summed E-state index contributed by atoms with van der Waals surface area (Å²) in [5, 5.41) is 0.0512. The molecule has 0 saturated heterocycles. The van der Waals surface area contributed by atoms with Crippen LogP contribution in [0.3, 0.4) is 0 Å². The van der Waals surface area contributed by atoms with Gasteiger partial charge < -0.3 is 0 Å². The van der Waals surface area contributed by atoms with Crippen molar-refractivity contribution < 1.29 is 13.2 Å². The van der Waals surface area contributed by atoms with Gasteiger partial charge in [0.1, 0.15) is 0 Å². The van der Waals surface area contributed by atoms with Crippen LogP contribution in [0.2, 0.25) is 5.02 Å². The van der Waals surface area contributed by atoms with E-state index in [1.807, 2.05) is 0 Å². The van der Waals surface area contributed by atoms with E-state index in [-0.39, 0.29) is 11.8 Å². The van der Waals surface area contributed by atoms with Gasteiger partial charge in [0.25, 0.3) is 0 Å². The molecule has 0 saturated carbocycles. The second-order valence-electron chi connectivity index (χ2n) is 3.33. The molecule has 1 rings (SSSR count). The van der Waals surface area contributed by atoms with Crippen LogP contribution in [0, 0.1) is 6.07 Å². The lowest BCUT2D eigenvalue weighted by atomic mass is 10.1. The van der Waals surface area contributed by atoms with Crippen molar-refractivity contribution in [2.24, 2.45) is 0 Å². The zero-order valence-corrected chi connectivity index (χ0v) is 10.2. The summed E-state index contributed by atoms with van der Waals surface area (Å²) in [6, 6.07) is 7.83. The molecule has 1 aromatic carbocycles. The first-order valence-corrected chi connectivity index (χ1v) is 6.07. The molecule has 0 N–H and O–H groups in total. The third-order valence-electron chi connectivity index (χ3n) is 2.03. The molecule has 0 aliphatic carbocycles. The zero-order valence-electron chi connectivity index (χ0n) is 8.64. The Labute approximate surface area is 102 Å². The van der Waals surface area contributed by atoms with Crippen molar-refractivity contribution in [3.63, 3.8) is 0 Å². The van der Waals surface area contributed by atoms with Crippen molar-refractivity contribution >= 4 is 23.4 Å². The Morgan fingerprint density at radius 3 is 2.69 bits per heavy atom. The van der Waals surface area contributed by atoms with E-state index < -0.39 is 10.8 Å². The second-order valence-corrected chi connectivity index (χ2v) is 5.13. The van der Waals surface area contributed by atoms with Crippen LogP contribution in [0.4, 0.5) is 13.2 Å². The van der Waals surface area contributed by atoms with Crippen molar-refractivity contribution in [1.82, 2.24) is 0 Å². The Kier molecular flexibility index (Phi) is 4.99. The topological polar surface area (TPSA) is 0 Å². The highest BCUT2D eigenvalue weighted by molar-refractivity contribution is 8.00. The molecule has 0 aliphatic heterocycles. The molecule has 89 valence electrons. The van der Waals surface area contributed by atoms with Gasteiger partial charge in [-0.05, 0) is 48.4 Å². The maximum Gasteiger partial charge on any atom is 0.442 e. The average molecular weight is 268 g/mol. The Bertz CT molecular complexity index is 338. The van der Waals surface area contributed by atoms with Crippen molar-refractivity contribution in [2.75, 3.05) is 0 Å². The first kappa shape index (κ1) is 13.7. The standard InChI is InChI=1S/C11H11ClF3S/c1-2-10(16-11(13,14)15)7-8-4-3-5-9(12)6-8/h3,5-6,10H,2,7H2,1H3. The lowest BCUT2D eigenvalue weighted by molar-refractivity contribution is -0.0334. The van der Waals surface area contributed by atoms with Crippen LogP contribution in [0.5, 0.6) is 0 Å². The molecule has 0 heterocycles. The van der Waals surface area contributed by atoms with E-state index in [9.17, 15) is 13.2 Å². The van der Waals surface area contributed by atoms with E-state index in [0.29, 0.717) is 17.9 Å². The minimum absolute atomic E-state index is 0.0395. The number of rotatable bonds is 4. The van der Waals surface area contributed by atoms with Gasteiger partial charge in [0.2, 0.25) is 0 Å². The van der Waals surface area contributed by atoms with Crippen molar-refractivity contribution in [2.45, 2.75) is 30.5 Å². The molecule has 1 radical (unpaired) electrons. The van der Waals surface area contributed by atoms with Crippen LogP contribution >= 0.6 is 23.4 Å². The Hall–Kier alpha value is -0.350. The summed E-state index contributed by atoms with van der Waals surface area (Å²) in [5.74, 6) is 0. The molecular weight excluding hydrogens is 257 g/mol. The summed E-state index contributed by atoms with van der Waals surface area (Å²) in [4.78, 5) is 0. The minimum atomic E-state index is -4.18. The summed E-state index contributed by atoms with van der Waals surface area (Å²) in [6.45, 7) is 1.74. The third-order valence-corrected chi connectivity index (χ3v) is 3.36. The zero-order chi connectivity index (χ0) is 12.2. The van der Waals surface area contributed by atoms with E-state index in [4.69, 9.17) is 11.6 Å². The molecule has 0 bridgehead atoms. The van der Waals surface area contributed by atoms with Crippen molar-refractivity contribution in [3.05, 3.63) is 34.9 Å². The molecule has 1 aromatic rings. The van der Waals surface area contributed by atoms with Crippen molar-refractivity contribution in [3.8, 4) is 0 Å². The van der Waals surface area contributed by atoms with Crippen LogP contribution in [-0.2, 0) is 6.42 Å². The SMILES string of the molecule is CCC(Cc1[c]ccc(Cl)c1)SC(F)(F)F. The maximum atomic E-state index is 12.2. The number of alkyl halides is 3. The fraction of sp³-hybridized carbons (Fsp3) is 0.455. The summed E-state index contributed by atoms with van der Waals surface area (Å²) in [7, 11) is 0. The molecule has 0 fully saturated rings. The fourth-order valence-corrected chi connectivity index (χ4v) is 2.31. The Morgan fingerprint density at radius 1 is 1.50 bits per heavy atom. The number of benzene rings is 1. The highest BCUT2D eigenvalue weighted by atomic mass is 35.5. The quantitative estimate of drug-likeness (QED) is 0.761. The smallest absolute Gasteiger partial charge is 0.160 e. The molecule has 0 aliphatic rings. The lowest BCUT2D eigenvalue weighted by Gasteiger charge is -2.16. The molecule has 5 heteroatoms. The Balaban J connectivity index is 2.63. The number of hydrogen-bond acceptors (Lipinski definition) is 1. The highest BCUT2D eigenvalue weighted by Gasteiger charge is 2.32. The van der Waals surface area contributed by atoms with Gasteiger partial charge >= 0.3 is 5.51 Å². The molecule has 0 nitrogen and oxygen atoms in total. The van der Waals surface area contributed by atoms with Gasteiger partial charge in [0.15, 0.2) is 0 Å². The van der Waals surface area contributed by atoms with Gasteiger partial charge in [-0.1, -0.05) is 24.6 Å². The summed E-state index contributed by atoms with van der Waals surface area (Å²) >= 11 is 5.80. The second kappa shape index (κ2) is 5.82. The van der Waals surface area contributed by atoms with Gasteiger partial charge in [-0.15, -0.1) is 0 Å². The van der Waals surface area contributed by atoms with E-state index >= 15 is 0 Å². The fourth-order valence-electron chi connectivity index (χ4n) is 1.31. The predicted octanol–water partition coefficient (Wildman–Crippen LogP) is 4.71. The monoisotopic (exact) mass is 267 g/mol. The minimum Gasteiger partial charge on any atom is -0.160 e. The largest absolute Gasteiger partial charge is 0.442 e. The summed E-state index contributed by atoms with van der Waals surface area (Å²) in [5.41, 5.74) is -3.46. The molecule has 0 amide bonds. The number of halogens is 4. The first-order chi connectivity index (χ1) is 7.40. The lowest BCUT2D eigenvalue weighted by Crippen LogP contribution is -2.13. The van der Waals surface area contributed by atoms with E-state index in [1.54, 1.807) is 25.1 Å². The van der Waals surface area contributed by atoms with Crippen LogP contribution in [-0.4, -0.2) is 10.8 Å². The van der Waals surface area contributed by atoms with Crippen LogP contribution in [0.1, 0.15) is 18.9 Å². The molecule has 0 aromatic heterocycles. The van der Waals surface area contributed by atoms with Crippen LogP contribution in [0.15, 0.2) is 18.2 Å². The first-order valence-electron chi connectivity index (χ1n) is 4.81. The van der Waals surface area contributed by atoms with Gasteiger partial charge in [0, 0.05) is 10.3 Å².